The average Bonchev–Trinajstić information content (AvgIpc) is 3.53. The maximum absolute atomic E-state index is 12.9. The highest BCUT2D eigenvalue weighted by Gasteiger charge is 2.34. The molecule has 0 radical (unpaired) electrons. The van der Waals surface area contributed by atoms with Crippen LogP contribution >= 0.6 is 11.6 Å². The second-order valence-electron chi connectivity index (χ2n) is 9.82. The summed E-state index contributed by atoms with van der Waals surface area (Å²) in [5, 5.41) is 0.462. The van der Waals surface area contributed by atoms with Crippen molar-refractivity contribution in [3.05, 3.63) is 53.1 Å². The van der Waals surface area contributed by atoms with E-state index in [1.807, 2.05) is 18.2 Å². The van der Waals surface area contributed by atoms with Crippen molar-refractivity contribution in [1.29, 1.82) is 0 Å². The fraction of sp³-hybridized carbons (Fsp3) is 0.480. The summed E-state index contributed by atoms with van der Waals surface area (Å²) in [4.78, 5) is 14.7. The summed E-state index contributed by atoms with van der Waals surface area (Å²) in [6.07, 6.45) is 2.71. The Labute approximate surface area is 196 Å². The molecule has 0 bridgehead atoms. The third kappa shape index (κ3) is 6.06. The number of hydrogen-bond donors (Lipinski definition) is 0. The lowest BCUT2D eigenvalue weighted by molar-refractivity contribution is -0.122. The zero-order valence-electron chi connectivity index (χ0n) is 19.1. The average molecular weight is 474 g/mol. The van der Waals surface area contributed by atoms with E-state index in [0.29, 0.717) is 36.3 Å². The highest BCUT2D eigenvalue weighted by molar-refractivity contribution is 6.76. The van der Waals surface area contributed by atoms with Gasteiger partial charge in [-0.1, -0.05) is 43.4 Å². The maximum Gasteiger partial charge on any atom is 0.268 e. The summed E-state index contributed by atoms with van der Waals surface area (Å²) in [5.74, 6) is 1.96. The van der Waals surface area contributed by atoms with E-state index in [-0.39, 0.29) is 12.7 Å². The lowest BCUT2D eigenvalue weighted by atomic mass is 10.1. The SMILES string of the molecule is C[Si](C)(C)CCOCOc1ccc(N2CCC(Oc3ccc(C4CC4)cc3)C2=O)cc1Cl. The van der Waals surface area contributed by atoms with Gasteiger partial charge >= 0.3 is 0 Å². The van der Waals surface area contributed by atoms with Crippen molar-refractivity contribution >= 4 is 31.3 Å². The van der Waals surface area contributed by atoms with Gasteiger partial charge in [0.25, 0.3) is 5.91 Å². The summed E-state index contributed by atoms with van der Waals surface area (Å²) in [5.41, 5.74) is 2.11. The fourth-order valence-electron chi connectivity index (χ4n) is 3.74. The molecule has 0 N–H and O–H groups in total. The maximum atomic E-state index is 12.9. The van der Waals surface area contributed by atoms with Crippen LogP contribution in [0.15, 0.2) is 42.5 Å². The minimum Gasteiger partial charge on any atom is -0.481 e. The Morgan fingerprint density at radius 2 is 1.81 bits per heavy atom. The smallest absolute Gasteiger partial charge is 0.268 e. The minimum absolute atomic E-state index is 0.0457. The van der Waals surface area contributed by atoms with Gasteiger partial charge in [-0.05, 0) is 60.7 Å². The fourth-order valence-corrected chi connectivity index (χ4v) is 4.72. The predicted molar refractivity (Wildman–Crippen MR) is 131 cm³/mol. The molecule has 1 saturated carbocycles. The quantitative estimate of drug-likeness (QED) is 0.238. The largest absolute Gasteiger partial charge is 0.481 e. The van der Waals surface area contributed by atoms with Gasteiger partial charge in [-0.15, -0.1) is 0 Å². The molecule has 1 unspecified atom stereocenters. The monoisotopic (exact) mass is 473 g/mol. The number of amides is 1. The van der Waals surface area contributed by atoms with Gasteiger partial charge < -0.3 is 19.1 Å². The first kappa shape index (κ1) is 23.1. The van der Waals surface area contributed by atoms with Crippen molar-refractivity contribution in [2.24, 2.45) is 0 Å². The van der Waals surface area contributed by atoms with Crippen LogP contribution in [0, 0.1) is 0 Å². The Kier molecular flexibility index (Phi) is 7.13. The second-order valence-corrected chi connectivity index (χ2v) is 15.9. The van der Waals surface area contributed by atoms with Crippen LogP contribution in [0.1, 0.15) is 30.7 Å². The van der Waals surface area contributed by atoms with E-state index in [2.05, 4.69) is 31.8 Å². The first-order chi connectivity index (χ1) is 15.3. The third-order valence-electron chi connectivity index (χ3n) is 5.88. The summed E-state index contributed by atoms with van der Waals surface area (Å²) < 4.78 is 17.2. The number of anilines is 1. The van der Waals surface area contributed by atoms with Gasteiger partial charge in [0.05, 0.1) is 5.02 Å². The normalized spacial score (nSPS) is 18.8. The minimum atomic E-state index is -1.12. The van der Waals surface area contributed by atoms with Gasteiger partial charge in [0.2, 0.25) is 0 Å². The van der Waals surface area contributed by atoms with Crippen LogP contribution in [0.3, 0.4) is 0 Å². The van der Waals surface area contributed by atoms with Crippen LogP contribution < -0.4 is 14.4 Å². The van der Waals surface area contributed by atoms with E-state index in [4.69, 9.17) is 25.8 Å². The lowest BCUT2D eigenvalue weighted by Gasteiger charge is -2.19. The molecule has 7 heteroatoms. The molecule has 1 saturated heterocycles. The number of halogens is 1. The topological polar surface area (TPSA) is 48.0 Å². The van der Waals surface area contributed by atoms with Crippen LogP contribution in [-0.2, 0) is 9.53 Å². The summed E-state index contributed by atoms with van der Waals surface area (Å²) in [6, 6.07) is 14.7. The van der Waals surface area contributed by atoms with Gasteiger partial charge in [-0.25, -0.2) is 0 Å². The van der Waals surface area contributed by atoms with Gasteiger partial charge in [-0.3, -0.25) is 4.79 Å². The Bertz CT molecular complexity index is 940. The molecule has 1 aliphatic carbocycles. The van der Waals surface area contributed by atoms with E-state index >= 15 is 0 Å². The molecule has 5 nitrogen and oxygen atoms in total. The van der Waals surface area contributed by atoms with Gasteiger partial charge in [-0.2, -0.15) is 0 Å². The molecule has 172 valence electrons. The molecule has 4 rings (SSSR count). The molecule has 0 spiro atoms. The molecule has 2 aromatic carbocycles. The molecule has 32 heavy (non-hydrogen) atoms. The Morgan fingerprint density at radius 1 is 1.06 bits per heavy atom. The first-order valence-electron chi connectivity index (χ1n) is 11.4. The molecule has 2 aliphatic rings. The number of nitrogens with zero attached hydrogens (tertiary/aromatic N) is 1. The van der Waals surface area contributed by atoms with Crippen LogP contribution in [0.5, 0.6) is 11.5 Å². The van der Waals surface area contributed by atoms with Gasteiger partial charge in [0, 0.05) is 33.3 Å². The van der Waals surface area contributed by atoms with Gasteiger partial charge in [0.15, 0.2) is 12.9 Å². The zero-order valence-corrected chi connectivity index (χ0v) is 20.9. The van der Waals surface area contributed by atoms with Crippen LogP contribution in [0.4, 0.5) is 5.69 Å². The Morgan fingerprint density at radius 3 is 2.47 bits per heavy atom. The highest BCUT2D eigenvalue weighted by Crippen LogP contribution is 2.40. The number of benzene rings is 2. The summed E-state index contributed by atoms with van der Waals surface area (Å²) in [7, 11) is -1.12. The summed E-state index contributed by atoms with van der Waals surface area (Å²) >= 11 is 6.41. The van der Waals surface area contributed by atoms with Crippen molar-refractivity contribution in [1.82, 2.24) is 0 Å². The lowest BCUT2D eigenvalue weighted by Crippen LogP contribution is -2.32. The summed E-state index contributed by atoms with van der Waals surface area (Å²) in [6.45, 7) is 8.40. The molecular formula is C25H32ClNO4Si. The molecule has 0 aromatic heterocycles. The van der Waals surface area contributed by atoms with Gasteiger partial charge in [0.1, 0.15) is 11.5 Å². The van der Waals surface area contributed by atoms with Crippen LogP contribution in [-0.4, -0.2) is 40.0 Å². The van der Waals surface area contributed by atoms with E-state index in [1.165, 1.54) is 18.4 Å². The van der Waals surface area contributed by atoms with E-state index < -0.39 is 14.2 Å². The zero-order chi connectivity index (χ0) is 22.7. The van der Waals surface area contributed by atoms with Crippen molar-refractivity contribution < 1.29 is 19.0 Å². The molecule has 2 fully saturated rings. The second kappa shape index (κ2) is 9.85. The van der Waals surface area contributed by atoms with E-state index in [0.717, 1.165) is 17.5 Å². The standard InChI is InChI=1S/C25H32ClNO4Si/c1-32(2,3)15-14-29-17-30-23-11-8-20(16-22(23)26)27-13-12-24(25(27)28)31-21-9-6-19(7-10-21)18-4-5-18/h6-11,16,18,24H,4-5,12-15,17H2,1-3H3. The molecular weight excluding hydrogens is 442 g/mol. The van der Waals surface area contributed by atoms with E-state index in [9.17, 15) is 4.79 Å². The third-order valence-corrected chi connectivity index (χ3v) is 7.88. The van der Waals surface area contributed by atoms with Crippen LogP contribution in [0.2, 0.25) is 30.7 Å². The number of carbonyl (C=O) groups is 1. The number of carbonyl (C=O) groups excluding carboxylic acids is 1. The van der Waals surface area contributed by atoms with Crippen molar-refractivity contribution in [2.75, 3.05) is 24.8 Å². The van der Waals surface area contributed by atoms with Crippen LogP contribution in [0.25, 0.3) is 0 Å². The first-order valence-corrected chi connectivity index (χ1v) is 15.5. The molecule has 1 aliphatic heterocycles. The Hall–Kier alpha value is -2.02. The van der Waals surface area contributed by atoms with E-state index in [1.54, 1.807) is 17.0 Å². The number of ether oxygens (including phenoxy) is 3. The van der Waals surface area contributed by atoms with Crippen molar-refractivity contribution in [3.8, 4) is 11.5 Å². The predicted octanol–water partition coefficient (Wildman–Crippen LogP) is 6.09. The number of rotatable bonds is 10. The molecule has 2 aromatic rings. The molecule has 1 amide bonds. The number of hydrogen-bond acceptors (Lipinski definition) is 4. The molecule has 1 heterocycles. The van der Waals surface area contributed by atoms with Crippen molar-refractivity contribution in [2.45, 2.75) is 57.0 Å². The highest BCUT2D eigenvalue weighted by atomic mass is 35.5. The Balaban J connectivity index is 1.29. The molecule has 1 atom stereocenters. The van der Waals surface area contributed by atoms with Crippen molar-refractivity contribution in [3.63, 3.8) is 0 Å².